The van der Waals surface area contributed by atoms with Gasteiger partial charge >= 0.3 is 12.4 Å². The van der Waals surface area contributed by atoms with Gasteiger partial charge in [0.1, 0.15) is 0 Å². The minimum Gasteiger partial charge on any atom is -0.347 e. The highest BCUT2D eigenvalue weighted by atomic mass is 35.5. The van der Waals surface area contributed by atoms with Crippen molar-refractivity contribution in [1.82, 2.24) is 5.32 Å². The fraction of sp³-hybridized carbons (Fsp3) is 0.286. The number of carbonyl (C=O) groups is 1. The van der Waals surface area contributed by atoms with E-state index in [1.807, 2.05) is 0 Å². The largest absolute Gasteiger partial charge is 0.417 e. The van der Waals surface area contributed by atoms with E-state index in [1.165, 1.54) is 0 Å². The summed E-state index contributed by atoms with van der Waals surface area (Å²) in [6.45, 7) is 0. The number of rotatable bonds is 5. The number of alkyl halides is 6. The van der Waals surface area contributed by atoms with Gasteiger partial charge in [0.2, 0.25) is 0 Å². The Bertz CT molecular complexity index is 1260. The first-order valence-corrected chi connectivity index (χ1v) is 12.6. The Balaban J connectivity index is 1.93. The van der Waals surface area contributed by atoms with Crippen LogP contribution < -0.4 is 5.32 Å². The van der Waals surface area contributed by atoms with Gasteiger partial charge in [0.15, 0.2) is 9.84 Å². The molecule has 0 saturated carbocycles. The minimum atomic E-state index is -5.01. The van der Waals surface area contributed by atoms with E-state index in [4.69, 9.17) is 34.8 Å². The molecule has 1 atom stereocenters. The molecule has 0 radical (unpaired) electrons. The van der Waals surface area contributed by atoms with E-state index in [1.54, 1.807) is 0 Å². The van der Waals surface area contributed by atoms with E-state index >= 15 is 0 Å². The first kappa shape index (κ1) is 27.6. The summed E-state index contributed by atoms with van der Waals surface area (Å²) in [5.41, 5.74) is -2.82. The molecule has 0 aliphatic carbocycles. The highest BCUT2D eigenvalue weighted by molar-refractivity contribution is 7.92. The summed E-state index contributed by atoms with van der Waals surface area (Å²) in [6, 6.07) is 3.45. The Morgan fingerprint density at radius 1 is 1.00 bits per heavy atom. The summed E-state index contributed by atoms with van der Waals surface area (Å²) in [5.74, 6) is -4.20. The zero-order valence-corrected chi connectivity index (χ0v) is 20.2. The van der Waals surface area contributed by atoms with Gasteiger partial charge in [-0.05, 0) is 35.4 Å². The Kier molecular flexibility index (Phi) is 7.77. The quantitative estimate of drug-likeness (QED) is 0.322. The summed E-state index contributed by atoms with van der Waals surface area (Å²) in [4.78, 5) is 12.3. The second kappa shape index (κ2) is 9.84. The van der Waals surface area contributed by atoms with Gasteiger partial charge in [-0.15, -0.1) is 0 Å². The van der Waals surface area contributed by atoms with Crippen LogP contribution in [0.5, 0.6) is 0 Å². The molecule has 0 bridgehead atoms. The van der Waals surface area contributed by atoms with Gasteiger partial charge in [-0.3, -0.25) is 4.79 Å². The Morgan fingerprint density at radius 2 is 1.57 bits per heavy atom. The van der Waals surface area contributed by atoms with Crippen molar-refractivity contribution in [3.63, 3.8) is 0 Å². The van der Waals surface area contributed by atoms with Crippen LogP contribution in [0.3, 0.4) is 0 Å². The Hall–Kier alpha value is -1.95. The van der Waals surface area contributed by atoms with Gasteiger partial charge in [0.05, 0.1) is 49.7 Å². The molecule has 0 aromatic heterocycles. The second-order valence-electron chi connectivity index (χ2n) is 7.73. The molecule has 14 heteroatoms. The van der Waals surface area contributed by atoms with Crippen molar-refractivity contribution >= 4 is 56.6 Å². The van der Waals surface area contributed by atoms with Gasteiger partial charge in [-0.2, -0.15) is 26.3 Å². The SMILES string of the molecule is O=C(NC1CS(=O)(=O)C1)c1ccc(/C=C/C(c2cc(Cl)c(Cl)c(Cl)c2)C(F)(F)F)cc1C(F)(F)F. The molecule has 2 aromatic rings. The van der Waals surface area contributed by atoms with Crippen LogP contribution in [0.4, 0.5) is 26.3 Å². The number of hydrogen-bond donors (Lipinski definition) is 1. The van der Waals surface area contributed by atoms with Gasteiger partial charge in [-0.1, -0.05) is 53.0 Å². The van der Waals surface area contributed by atoms with Crippen LogP contribution in [0.15, 0.2) is 36.4 Å². The first-order chi connectivity index (χ1) is 16.0. The lowest BCUT2D eigenvalue weighted by Gasteiger charge is -2.27. The van der Waals surface area contributed by atoms with Crippen molar-refractivity contribution in [2.45, 2.75) is 24.3 Å². The van der Waals surface area contributed by atoms with E-state index in [0.29, 0.717) is 12.1 Å². The van der Waals surface area contributed by atoms with Gasteiger partial charge in [0, 0.05) is 0 Å². The molecule has 4 nitrogen and oxygen atoms in total. The lowest BCUT2D eigenvalue weighted by molar-refractivity contribution is -0.139. The molecule has 0 spiro atoms. The molecular weight excluding hydrogens is 567 g/mol. The van der Waals surface area contributed by atoms with Crippen molar-refractivity contribution in [2.24, 2.45) is 0 Å². The normalized spacial score (nSPS) is 17.3. The molecule has 1 aliphatic rings. The first-order valence-electron chi connectivity index (χ1n) is 9.60. The third kappa shape index (κ3) is 6.63. The average Bonchev–Trinajstić information content (AvgIpc) is 2.69. The lowest BCUT2D eigenvalue weighted by atomic mass is 9.96. The van der Waals surface area contributed by atoms with E-state index in [2.05, 4.69) is 5.32 Å². The molecule has 1 N–H and O–H groups in total. The third-order valence-corrected chi connectivity index (χ3v) is 8.06. The van der Waals surface area contributed by atoms with Crippen molar-refractivity contribution in [3.05, 3.63) is 73.7 Å². The zero-order valence-electron chi connectivity index (χ0n) is 17.1. The van der Waals surface area contributed by atoms with Gasteiger partial charge in [0.25, 0.3) is 5.91 Å². The fourth-order valence-electron chi connectivity index (χ4n) is 3.38. The van der Waals surface area contributed by atoms with Crippen LogP contribution in [0.2, 0.25) is 15.1 Å². The number of allylic oxidation sites excluding steroid dienone is 1. The summed E-state index contributed by atoms with van der Waals surface area (Å²) in [7, 11) is -3.32. The van der Waals surface area contributed by atoms with Crippen LogP contribution in [0.1, 0.15) is 33.0 Å². The number of halogens is 9. The number of amides is 1. The molecular formula is C21H14Cl3F6NO3S. The monoisotopic (exact) mass is 579 g/mol. The molecule has 1 saturated heterocycles. The summed E-state index contributed by atoms with van der Waals surface area (Å²) in [5, 5.41) is 1.60. The molecule has 1 unspecified atom stereocenters. The predicted octanol–water partition coefficient (Wildman–Crippen LogP) is 6.55. The van der Waals surface area contributed by atoms with Crippen LogP contribution in [0, 0.1) is 0 Å². The molecule has 3 rings (SSSR count). The fourth-order valence-corrected chi connectivity index (χ4v) is 5.29. The van der Waals surface area contributed by atoms with E-state index < -0.39 is 62.7 Å². The predicted molar refractivity (Wildman–Crippen MR) is 121 cm³/mol. The summed E-state index contributed by atoms with van der Waals surface area (Å²) in [6.07, 6.45) is -8.40. The molecule has 1 aliphatic heterocycles. The maximum atomic E-state index is 13.7. The molecule has 35 heavy (non-hydrogen) atoms. The number of benzene rings is 2. The average molecular weight is 581 g/mol. The van der Waals surface area contributed by atoms with E-state index in [0.717, 1.165) is 30.3 Å². The number of hydrogen-bond acceptors (Lipinski definition) is 3. The summed E-state index contributed by atoms with van der Waals surface area (Å²) < 4.78 is 104. The lowest BCUT2D eigenvalue weighted by Crippen LogP contribution is -2.53. The summed E-state index contributed by atoms with van der Waals surface area (Å²) >= 11 is 17.4. The molecule has 1 amide bonds. The standard InChI is InChI=1S/C21H14Cl3F6NO3S/c22-16-6-11(7-17(23)18(16)24)14(20(25,26)27)4-2-10-1-3-13(15(5-10)21(28,29)30)19(32)31-12-8-35(33,34)9-12/h1-7,12,14H,8-9H2,(H,31,32)/b4-2+. The van der Waals surface area contributed by atoms with Gasteiger partial charge in [-0.25, -0.2) is 8.42 Å². The smallest absolute Gasteiger partial charge is 0.347 e. The maximum Gasteiger partial charge on any atom is 0.417 e. The van der Waals surface area contributed by atoms with E-state index in [-0.39, 0.29) is 26.2 Å². The molecule has 190 valence electrons. The number of sulfone groups is 1. The zero-order chi connectivity index (χ0) is 26.3. The second-order valence-corrected chi connectivity index (χ2v) is 11.1. The third-order valence-electron chi connectivity index (χ3n) is 5.04. The van der Waals surface area contributed by atoms with Crippen LogP contribution >= 0.6 is 34.8 Å². The van der Waals surface area contributed by atoms with Crippen molar-refractivity contribution < 1.29 is 39.6 Å². The van der Waals surface area contributed by atoms with Gasteiger partial charge < -0.3 is 5.32 Å². The number of nitrogens with one attached hydrogen (secondary N) is 1. The topological polar surface area (TPSA) is 63.2 Å². The molecule has 2 aromatic carbocycles. The maximum absolute atomic E-state index is 13.7. The van der Waals surface area contributed by atoms with Crippen LogP contribution in [-0.2, 0) is 16.0 Å². The Morgan fingerprint density at radius 3 is 2.06 bits per heavy atom. The number of carbonyl (C=O) groups excluding carboxylic acids is 1. The van der Waals surface area contributed by atoms with Crippen molar-refractivity contribution in [2.75, 3.05) is 11.5 Å². The minimum absolute atomic E-state index is 0.148. The highest BCUT2D eigenvalue weighted by Crippen LogP contribution is 2.41. The van der Waals surface area contributed by atoms with E-state index in [9.17, 15) is 39.6 Å². The van der Waals surface area contributed by atoms with Crippen LogP contribution in [0.25, 0.3) is 6.08 Å². The van der Waals surface area contributed by atoms with Crippen LogP contribution in [-0.4, -0.2) is 38.0 Å². The highest BCUT2D eigenvalue weighted by Gasteiger charge is 2.40. The molecule has 1 fully saturated rings. The molecule has 1 heterocycles. The van der Waals surface area contributed by atoms with Crippen molar-refractivity contribution in [3.8, 4) is 0 Å². The Labute approximate surface area is 210 Å². The van der Waals surface area contributed by atoms with Crippen molar-refractivity contribution in [1.29, 1.82) is 0 Å².